The third-order valence-corrected chi connectivity index (χ3v) is 3.18. The van der Waals surface area contributed by atoms with Crippen LogP contribution in [-0.2, 0) is 6.54 Å². The summed E-state index contributed by atoms with van der Waals surface area (Å²) in [6.45, 7) is 1.64. The molecule has 20 heavy (non-hydrogen) atoms. The number of benzene rings is 1. The Labute approximate surface area is 116 Å². The van der Waals surface area contributed by atoms with Gasteiger partial charge < -0.3 is 9.47 Å². The van der Waals surface area contributed by atoms with Crippen LogP contribution in [0, 0.1) is 10.1 Å². The molecule has 0 saturated heterocycles. The van der Waals surface area contributed by atoms with E-state index in [1.807, 2.05) is 18.7 Å². The number of hydrogen-bond acceptors (Lipinski definition) is 4. The summed E-state index contributed by atoms with van der Waals surface area (Å²) in [5, 5.41) is 11.4. The Bertz CT molecular complexity index is 692. The van der Waals surface area contributed by atoms with Gasteiger partial charge in [0.2, 0.25) is 0 Å². The van der Waals surface area contributed by atoms with Crippen LogP contribution in [0.4, 0.5) is 5.69 Å². The molecule has 1 aromatic heterocycles. The average molecular weight is 275 g/mol. The highest BCUT2D eigenvalue weighted by Crippen LogP contribution is 2.18. The van der Waals surface area contributed by atoms with Crippen LogP contribution in [0.2, 0.25) is 0 Å². The molecule has 0 aliphatic carbocycles. The van der Waals surface area contributed by atoms with Gasteiger partial charge in [-0.1, -0.05) is 0 Å². The monoisotopic (exact) mass is 275 g/mol. The fourth-order valence-corrected chi connectivity index (χ4v) is 2.16. The molecule has 6 heteroatoms. The molecule has 1 aromatic carbocycles. The lowest BCUT2D eigenvalue weighted by atomic mass is 10.2. The van der Waals surface area contributed by atoms with E-state index in [2.05, 4.69) is 4.90 Å². The molecule has 0 aliphatic rings. The van der Waals surface area contributed by atoms with Gasteiger partial charge in [0.15, 0.2) is 5.43 Å². The third-order valence-electron chi connectivity index (χ3n) is 3.18. The predicted octanol–water partition coefficient (Wildman–Crippen LogP) is 1.86. The molecule has 0 aliphatic heterocycles. The Morgan fingerprint density at radius 2 is 2.05 bits per heavy atom. The van der Waals surface area contributed by atoms with E-state index in [1.54, 1.807) is 6.20 Å². The van der Waals surface area contributed by atoms with Crippen molar-refractivity contribution in [2.24, 2.45) is 0 Å². The lowest BCUT2D eigenvalue weighted by molar-refractivity contribution is -0.384. The topological polar surface area (TPSA) is 68.4 Å². The first kappa shape index (κ1) is 14.2. The summed E-state index contributed by atoms with van der Waals surface area (Å²) < 4.78 is 1.90. The van der Waals surface area contributed by atoms with E-state index < -0.39 is 4.92 Å². The van der Waals surface area contributed by atoms with Crippen molar-refractivity contribution in [3.63, 3.8) is 0 Å². The molecule has 0 spiro atoms. The third kappa shape index (κ3) is 3.03. The van der Waals surface area contributed by atoms with Crippen LogP contribution in [0.1, 0.15) is 6.42 Å². The van der Waals surface area contributed by atoms with Crippen LogP contribution >= 0.6 is 0 Å². The Morgan fingerprint density at radius 1 is 1.30 bits per heavy atom. The number of hydrogen-bond donors (Lipinski definition) is 0. The van der Waals surface area contributed by atoms with Crippen LogP contribution < -0.4 is 5.43 Å². The van der Waals surface area contributed by atoms with Crippen LogP contribution in [0.15, 0.2) is 35.3 Å². The summed E-state index contributed by atoms with van der Waals surface area (Å²) in [7, 11) is 3.99. The number of nitro groups is 1. The highest BCUT2D eigenvalue weighted by molar-refractivity contribution is 5.81. The van der Waals surface area contributed by atoms with Crippen molar-refractivity contribution in [2.75, 3.05) is 20.6 Å². The van der Waals surface area contributed by atoms with Crippen LogP contribution in [0.3, 0.4) is 0 Å². The van der Waals surface area contributed by atoms with Crippen molar-refractivity contribution in [2.45, 2.75) is 13.0 Å². The molecule has 2 rings (SSSR count). The van der Waals surface area contributed by atoms with Crippen molar-refractivity contribution in [1.82, 2.24) is 9.47 Å². The zero-order valence-electron chi connectivity index (χ0n) is 11.6. The maximum atomic E-state index is 11.8. The molecule has 106 valence electrons. The number of aryl methyl sites for hydroxylation is 1. The molecule has 0 unspecified atom stereocenters. The Kier molecular flexibility index (Phi) is 4.14. The molecule has 0 N–H and O–H groups in total. The number of nitrogens with zero attached hydrogens (tertiary/aromatic N) is 3. The Morgan fingerprint density at radius 3 is 2.70 bits per heavy atom. The summed E-state index contributed by atoms with van der Waals surface area (Å²) in [6.07, 6.45) is 2.61. The lowest BCUT2D eigenvalue weighted by Crippen LogP contribution is -2.16. The summed E-state index contributed by atoms with van der Waals surface area (Å²) >= 11 is 0. The van der Waals surface area contributed by atoms with Gasteiger partial charge in [-0.25, -0.2) is 0 Å². The zero-order chi connectivity index (χ0) is 14.7. The van der Waals surface area contributed by atoms with Crippen LogP contribution in [-0.4, -0.2) is 35.0 Å². The first-order valence-corrected chi connectivity index (χ1v) is 6.41. The fraction of sp³-hybridized carbons (Fsp3) is 0.357. The van der Waals surface area contributed by atoms with E-state index in [0.29, 0.717) is 10.9 Å². The summed E-state index contributed by atoms with van der Waals surface area (Å²) in [6, 6.07) is 5.86. The number of nitro benzene ring substituents is 1. The van der Waals surface area contributed by atoms with E-state index in [4.69, 9.17) is 0 Å². The second kappa shape index (κ2) is 5.83. The summed E-state index contributed by atoms with van der Waals surface area (Å²) in [5.41, 5.74) is 0.508. The fourth-order valence-electron chi connectivity index (χ4n) is 2.16. The second-order valence-electron chi connectivity index (χ2n) is 4.99. The Balaban J connectivity index is 2.43. The first-order valence-electron chi connectivity index (χ1n) is 6.41. The van der Waals surface area contributed by atoms with Crippen LogP contribution in [0.25, 0.3) is 10.9 Å². The summed E-state index contributed by atoms with van der Waals surface area (Å²) in [5.74, 6) is 0. The van der Waals surface area contributed by atoms with E-state index in [0.717, 1.165) is 19.5 Å². The SMILES string of the molecule is CN(C)CCCn1ccc(=O)c2ccc([N+](=O)[O-])cc21. The van der Waals surface area contributed by atoms with E-state index in [1.165, 1.54) is 24.3 Å². The summed E-state index contributed by atoms with van der Waals surface area (Å²) in [4.78, 5) is 24.3. The van der Waals surface area contributed by atoms with Gasteiger partial charge in [-0.15, -0.1) is 0 Å². The highest BCUT2D eigenvalue weighted by atomic mass is 16.6. The average Bonchev–Trinajstić information content (AvgIpc) is 2.40. The minimum Gasteiger partial charge on any atom is -0.347 e. The van der Waals surface area contributed by atoms with E-state index in [9.17, 15) is 14.9 Å². The first-order chi connectivity index (χ1) is 9.49. The van der Waals surface area contributed by atoms with Crippen molar-refractivity contribution < 1.29 is 4.92 Å². The van der Waals surface area contributed by atoms with Gasteiger partial charge in [0.25, 0.3) is 5.69 Å². The molecule has 0 amide bonds. The lowest BCUT2D eigenvalue weighted by Gasteiger charge is -2.13. The maximum Gasteiger partial charge on any atom is 0.271 e. The maximum absolute atomic E-state index is 11.8. The molecule has 0 saturated carbocycles. The van der Waals surface area contributed by atoms with Crippen molar-refractivity contribution >= 4 is 16.6 Å². The molecule has 0 fully saturated rings. The molecule has 2 aromatic rings. The minimum atomic E-state index is -0.443. The predicted molar refractivity (Wildman–Crippen MR) is 78.0 cm³/mol. The number of fused-ring (bicyclic) bond motifs is 1. The molecule has 1 heterocycles. The highest BCUT2D eigenvalue weighted by Gasteiger charge is 2.10. The van der Waals surface area contributed by atoms with Crippen LogP contribution in [0.5, 0.6) is 0 Å². The number of pyridine rings is 1. The quantitative estimate of drug-likeness (QED) is 0.617. The second-order valence-corrected chi connectivity index (χ2v) is 4.99. The van der Waals surface area contributed by atoms with Gasteiger partial charge >= 0.3 is 0 Å². The molecule has 0 bridgehead atoms. The van der Waals surface area contributed by atoms with E-state index in [-0.39, 0.29) is 11.1 Å². The van der Waals surface area contributed by atoms with E-state index >= 15 is 0 Å². The normalized spacial score (nSPS) is 11.2. The molecular weight excluding hydrogens is 258 g/mol. The molecule has 0 radical (unpaired) electrons. The number of rotatable bonds is 5. The van der Waals surface area contributed by atoms with Gasteiger partial charge in [0.1, 0.15) is 0 Å². The molecule has 6 nitrogen and oxygen atoms in total. The molecule has 0 atom stereocenters. The van der Waals surface area contributed by atoms with Gasteiger partial charge in [-0.3, -0.25) is 14.9 Å². The minimum absolute atomic E-state index is 0.00413. The van der Waals surface area contributed by atoms with Gasteiger partial charge in [0.05, 0.1) is 10.4 Å². The Hall–Kier alpha value is -2.21. The van der Waals surface area contributed by atoms with Gasteiger partial charge in [0, 0.05) is 36.3 Å². The smallest absolute Gasteiger partial charge is 0.271 e. The zero-order valence-corrected chi connectivity index (χ0v) is 11.6. The standard InChI is InChI=1S/C14H17N3O3/c1-15(2)7-3-8-16-9-6-14(18)12-5-4-11(17(19)20)10-13(12)16/h4-6,9-10H,3,7-8H2,1-2H3. The van der Waals surface area contributed by atoms with Crippen molar-refractivity contribution in [3.8, 4) is 0 Å². The van der Waals surface area contributed by atoms with Gasteiger partial charge in [-0.05, 0) is 33.1 Å². The number of aromatic nitrogens is 1. The molecular formula is C14H17N3O3. The van der Waals surface area contributed by atoms with Crippen molar-refractivity contribution in [3.05, 3.63) is 50.8 Å². The number of non-ortho nitro benzene ring substituents is 1. The largest absolute Gasteiger partial charge is 0.347 e. The van der Waals surface area contributed by atoms with Crippen molar-refractivity contribution in [1.29, 1.82) is 0 Å². The van der Waals surface area contributed by atoms with Gasteiger partial charge in [-0.2, -0.15) is 0 Å².